The molecule has 0 spiro atoms. The van der Waals surface area contributed by atoms with E-state index in [1.165, 1.54) is 11.1 Å². The topological polar surface area (TPSA) is 38.7 Å². The summed E-state index contributed by atoms with van der Waals surface area (Å²) in [5, 5.41) is 0. The van der Waals surface area contributed by atoms with Crippen LogP contribution in [0.4, 0.5) is 0 Å². The maximum absolute atomic E-state index is 5.10. The van der Waals surface area contributed by atoms with Crippen LogP contribution >= 0.6 is 0 Å². The van der Waals surface area contributed by atoms with Crippen molar-refractivity contribution in [1.29, 1.82) is 0 Å². The van der Waals surface area contributed by atoms with E-state index in [0.717, 1.165) is 56.4 Å². The molecule has 4 aromatic carbocycles. The molecule has 0 saturated heterocycles. The Kier molecular flexibility index (Phi) is 6.33. The van der Waals surface area contributed by atoms with E-state index in [1.54, 1.807) is 0 Å². The van der Waals surface area contributed by atoms with Crippen molar-refractivity contribution in [1.82, 2.24) is 15.0 Å². The van der Waals surface area contributed by atoms with Crippen LogP contribution in [0.5, 0.6) is 0 Å². The van der Waals surface area contributed by atoms with Gasteiger partial charge in [0.25, 0.3) is 0 Å². The van der Waals surface area contributed by atoms with Crippen molar-refractivity contribution < 1.29 is 0 Å². The lowest BCUT2D eigenvalue weighted by molar-refractivity contribution is 1.06. The van der Waals surface area contributed by atoms with Gasteiger partial charge in [0.15, 0.2) is 5.82 Å². The van der Waals surface area contributed by atoms with Gasteiger partial charge in [0, 0.05) is 28.1 Å². The summed E-state index contributed by atoms with van der Waals surface area (Å²) in [5.41, 5.74) is 11.6. The summed E-state index contributed by atoms with van der Waals surface area (Å²) in [4.78, 5) is 14.4. The predicted octanol–water partition coefficient (Wildman–Crippen LogP) is 8.82. The van der Waals surface area contributed by atoms with Crippen molar-refractivity contribution in [3.8, 4) is 56.2 Å². The molecule has 0 atom stereocenters. The van der Waals surface area contributed by atoms with Gasteiger partial charge in [-0.15, -0.1) is 0 Å². The van der Waals surface area contributed by atoms with Crippen LogP contribution in [0.3, 0.4) is 0 Å². The normalized spacial score (nSPS) is 10.9. The Morgan fingerprint density at radius 2 is 0.842 bits per heavy atom. The van der Waals surface area contributed by atoms with Crippen LogP contribution in [-0.2, 0) is 0 Å². The molecule has 0 unspecified atom stereocenters. The van der Waals surface area contributed by atoms with Crippen molar-refractivity contribution in [2.75, 3.05) is 0 Å². The van der Waals surface area contributed by atoms with Crippen LogP contribution in [0.25, 0.3) is 56.2 Å². The summed E-state index contributed by atoms with van der Waals surface area (Å²) in [6.07, 6.45) is 0. The first-order valence-electron chi connectivity index (χ1n) is 12.8. The van der Waals surface area contributed by atoms with E-state index in [9.17, 15) is 0 Å². The SMILES string of the molecule is Cc1cc(C)nc(-c2ccc(-c3cc(-c4ccccc4)nc(-c4cccc(-c5ccccc5)c4)c3)cc2)n1. The second-order valence-corrected chi connectivity index (χ2v) is 9.49. The number of hydrogen-bond acceptors (Lipinski definition) is 3. The third-order valence-electron chi connectivity index (χ3n) is 6.62. The van der Waals surface area contributed by atoms with E-state index in [0.29, 0.717) is 0 Å². The van der Waals surface area contributed by atoms with Crippen LogP contribution in [0.15, 0.2) is 127 Å². The Hall–Kier alpha value is -4.89. The summed E-state index contributed by atoms with van der Waals surface area (Å²) in [6.45, 7) is 4.01. The fourth-order valence-corrected chi connectivity index (χ4v) is 4.76. The number of aryl methyl sites for hydroxylation is 2. The summed E-state index contributed by atoms with van der Waals surface area (Å²) >= 11 is 0. The van der Waals surface area contributed by atoms with E-state index < -0.39 is 0 Å². The summed E-state index contributed by atoms with van der Waals surface area (Å²) < 4.78 is 0. The molecule has 3 nitrogen and oxygen atoms in total. The molecule has 0 aliphatic carbocycles. The van der Waals surface area contributed by atoms with Gasteiger partial charge in [-0.05, 0) is 60.4 Å². The number of rotatable bonds is 5. The third kappa shape index (κ3) is 5.00. The number of aromatic nitrogens is 3. The fraction of sp³-hybridized carbons (Fsp3) is 0.0571. The molecule has 0 radical (unpaired) electrons. The Morgan fingerprint density at radius 1 is 0.342 bits per heavy atom. The number of nitrogens with zero attached hydrogens (tertiary/aromatic N) is 3. The number of benzene rings is 4. The van der Waals surface area contributed by atoms with Gasteiger partial charge in [-0.1, -0.05) is 103 Å². The van der Waals surface area contributed by atoms with Gasteiger partial charge in [0.2, 0.25) is 0 Å². The maximum Gasteiger partial charge on any atom is 0.159 e. The average molecular weight is 490 g/mol. The van der Waals surface area contributed by atoms with Gasteiger partial charge in [-0.2, -0.15) is 0 Å². The minimum absolute atomic E-state index is 0.757. The number of hydrogen-bond donors (Lipinski definition) is 0. The highest BCUT2D eigenvalue weighted by molar-refractivity contribution is 5.79. The Balaban J connectivity index is 1.44. The van der Waals surface area contributed by atoms with Crippen LogP contribution in [0.2, 0.25) is 0 Å². The van der Waals surface area contributed by atoms with Crippen molar-refractivity contribution >= 4 is 0 Å². The first kappa shape index (κ1) is 23.5. The molecular weight excluding hydrogens is 462 g/mol. The largest absolute Gasteiger partial charge is 0.248 e. The van der Waals surface area contributed by atoms with E-state index in [2.05, 4.69) is 119 Å². The highest BCUT2D eigenvalue weighted by Gasteiger charge is 2.11. The van der Waals surface area contributed by atoms with Gasteiger partial charge in [-0.3, -0.25) is 0 Å². The fourth-order valence-electron chi connectivity index (χ4n) is 4.76. The van der Waals surface area contributed by atoms with Crippen molar-refractivity contribution in [3.05, 3.63) is 139 Å². The van der Waals surface area contributed by atoms with E-state index in [1.807, 2.05) is 32.0 Å². The molecule has 6 rings (SSSR count). The quantitative estimate of drug-likeness (QED) is 0.243. The van der Waals surface area contributed by atoms with Gasteiger partial charge in [0.05, 0.1) is 11.4 Å². The zero-order valence-corrected chi connectivity index (χ0v) is 21.5. The van der Waals surface area contributed by atoms with Crippen molar-refractivity contribution in [2.24, 2.45) is 0 Å². The van der Waals surface area contributed by atoms with Crippen LogP contribution in [-0.4, -0.2) is 15.0 Å². The molecule has 0 amide bonds. The standard InChI is InChI=1S/C35H27N3/c1-24-20-25(2)37-35(36-24)29-18-16-27(17-19-29)32-22-33(28-12-7-4-8-13-28)38-34(23-32)31-15-9-14-30(21-31)26-10-5-3-6-11-26/h3-23H,1-2H3. The van der Waals surface area contributed by atoms with E-state index >= 15 is 0 Å². The minimum Gasteiger partial charge on any atom is -0.248 e. The van der Waals surface area contributed by atoms with Crippen LogP contribution in [0.1, 0.15) is 11.4 Å². The molecule has 2 heterocycles. The molecule has 0 N–H and O–H groups in total. The van der Waals surface area contributed by atoms with Crippen molar-refractivity contribution in [3.63, 3.8) is 0 Å². The second kappa shape index (κ2) is 10.2. The highest BCUT2D eigenvalue weighted by Crippen LogP contribution is 2.32. The molecule has 0 bridgehead atoms. The summed E-state index contributed by atoms with van der Waals surface area (Å²) in [7, 11) is 0. The zero-order chi connectivity index (χ0) is 25.9. The Bertz CT molecular complexity index is 1690. The first-order chi connectivity index (χ1) is 18.6. The molecule has 2 aromatic heterocycles. The molecule has 0 saturated carbocycles. The number of pyridine rings is 1. The summed E-state index contributed by atoms with van der Waals surface area (Å²) in [5.74, 6) is 0.757. The Labute approximate surface area is 223 Å². The molecule has 38 heavy (non-hydrogen) atoms. The molecule has 182 valence electrons. The zero-order valence-electron chi connectivity index (χ0n) is 21.5. The lowest BCUT2D eigenvalue weighted by atomic mass is 9.97. The summed E-state index contributed by atoms with van der Waals surface area (Å²) in [6, 6.07) is 44.2. The van der Waals surface area contributed by atoms with Gasteiger partial charge >= 0.3 is 0 Å². The van der Waals surface area contributed by atoms with E-state index in [-0.39, 0.29) is 0 Å². The monoisotopic (exact) mass is 489 g/mol. The predicted molar refractivity (Wildman–Crippen MR) is 156 cm³/mol. The third-order valence-corrected chi connectivity index (χ3v) is 6.62. The van der Waals surface area contributed by atoms with Crippen LogP contribution < -0.4 is 0 Å². The Morgan fingerprint density at radius 3 is 1.50 bits per heavy atom. The lowest BCUT2D eigenvalue weighted by Crippen LogP contribution is -1.94. The minimum atomic E-state index is 0.757. The van der Waals surface area contributed by atoms with E-state index in [4.69, 9.17) is 4.98 Å². The molecule has 6 aromatic rings. The molecule has 0 aliphatic rings. The van der Waals surface area contributed by atoms with Crippen LogP contribution in [0, 0.1) is 13.8 Å². The second-order valence-electron chi connectivity index (χ2n) is 9.49. The van der Waals surface area contributed by atoms with Crippen molar-refractivity contribution in [2.45, 2.75) is 13.8 Å². The average Bonchev–Trinajstić information content (AvgIpc) is 2.97. The smallest absolute Gasteiger partial charge is 0.159 e. The maximum atomic E-state index is 5.10. The molecule has 0 fully saturated rings. The highest BCUT2D eigenvalue weighted by atomic mass is 14.9. The van der Waals surface area contributed by atoms with Gasteiger partial charge in [-0.25, -0.2) is 15.0 Å². The van der Waals surface area contributed by atoms with Gasteiger partial charge in [0.1, 0.15) is 0 Å². The van der Waals surface area contributed by atoms with Gasteiger partial charge < -0.3 is 0 Å². The lowest BCUT2D eigenvalue weighted by Gasteiger charge is -2.12. The molecular formula is C35H27N3. The molecule has 3 heteroatoms. The molecule has 0 aliphatic heterocycles. The first-order valence-corrected chi connectivity index (χ1v) is 12.8.